The Kier molecular flexibility index (Phi) is 2.22. The molecule has 5 rings (SSSR count). The molecule has 4 fully saturated rings. The van der Waals surface area contributed by atoms with Gasteiger partial charge in [0.25, 0.3) is 0 Å². The third kappa shape index (κ3) is 1.53. The molecule has 4 aliphatic carbocycles. The number of hydrogen-bond donors (Lipinski definition) is 2. The zero-order valence-corrected chi connectivity index (χ0v) is 11.5. The highest BCUT2D eigenvalue weighted by molar-refractivity contribution is 5.54. The number of pyridine rings is 1. The predicted octanol–water partition coefficient (Wildman–Crippen LogP) is 3.15. The molecule has 0 spiro atoms. The van der Waals surface area contributed by atoms with Crippen molar-refractivity contribution in [2.45, 2.75) is 50.9 Å². The Hall–Kier alpha value is -1.25. The molecule has 0 atom stereocenters. The molecule has 4 saturated carbocycles. The van der Waals surface area contributed by atoms with Gasteiger partial charge in [0.05, 0.1) is 0 Å². The van der Waals surface area contributed by atoms with Crippen LogP contribution in [0.5, 0.6) is 5.75 Å². The minimum atomic E-state index is 0.202. The maximum atomic E-state index is 10.1. The molecule has 0 radical (unpaired) electrons. The summed E-state index contributed by atoms with van der Waals surface area (Å²) in [7, 11) is 0. The fourth-order valence-corrected chi connectivity index (χ4v) is 5.59. The van der Waals surface area contributed by atoms with Gasteiger partial charge in [0.15, 0.2) is 11.6 Å². The lowest BCUT2D eigenvalue weighted by Crippen LogP contribution is -2.48. The molecule has 0 unspecified atom stereocenters. The zero-order chi connectivity index (χ0) is 13.2. The van der Waals surface area contributed by atoms with Gasteiger partial charge in [-0.2, -0.15) is 0 Å². The molecule has 0 saturated heterocycles. The van der Waals surface area contributed by atoms with Gasteiger partial charge in [-0.15, -0.1) is 0 Å². The molecule has 0 aromatic carbocycles. The summed E-state index contributed by atoms with van der Waals surface area (Å²) in [6.07, 6.45) is 10.1. The van der Waals surface area contributed by atoms with Crippen LogP contribution in [-0.2, 0) is 5.41 Å². The van der Waals surface area contributed by atoms with E-state index in [0.717, 1.165) is 23.3 Å². The van der Waals surface area contributed by atoms with Crippen molar-refractivity contribution in [3.8, 4) is 5.75 Å². The molecule has 3 N–H and O–H groups in total. The number of hydrogen-bond acceptors (Lipinski definition) is 3. The Bertz CT molecular complexity index is 503. The standard InChI is InChI=1S/C16H22N2O/c1-9-13(8-18-15(17)14(9)19)16-5-10-2-11(6-16)4-12(3-10)7-16/h8,10-12,19H,2-7H2,1H3,(H2,17,18). The Labute approximate surface area is 114 Å². The van der Waals surface area contributed by atoms with Crippen LogP contribution in [0.15, 0.2) is 6.20 Å². The van der Waals surface area contributed by atoms with Gasteiger partial charge < -0.3 is 10.8 Å². The monoisotopic (exact) mass is 258 g/mol. The molecule has 1 heterocycles. The van der Waals surface area contributed by atoms with Crippen molar-refractivity contribution in [2.24, 2.45) is 17.8 Å². The SMILES string of the molecule is Cc1c(C23CC4CC(CC(C4)C2)C3)cnc(N)c1O. The van der Waals surface area contributed by atoms with Crippen molar-refractivity contribution in [2.75, 3.05) is 5.73 Å². The Morgan fingerprint density at radius 2 is 1.68 bits per heavy atom. The fraction of sp³-hybridized carbons (Fsp3) is 0.688. The quantitative estimate of drug-likeness (QED) is 0.813. The lowest BCUT2D eigenvalue weighted by molar-refractivity contribution is -0.00570. The minimum Gasteiger partial charge on any atom is -0.504 e. The van der Waals surface area contributed by atoms with Crippen molar-refractivity contribution in [3.05, 3.63) is 17.3 Å². The van der Waals surface area contributed by atoms with E-state index in [1.54, 1.807) is 0 Å². The largest absolute Gasteiger partial charge is 0.504 e. The van der Waals surface area contributed by atoms with Crippen LogP contribution in [0.4, 0.5) is 5.82 Å². The number of aromatic hydroxyl groups is 1. The number of nitrogens with zero attached hydrogens (tertiary/aromatic N) is 1. The lowest BCUT2D eigenvalue weighted by Gasteiger charge is -2.57. The smallest absolute Gasteiger partial charge is 0.166 e. The maximum Gasteiger partial charge on any atom is 0.166 e. The van der Waals surface area contributed by atoms with E-state index in [4.69, 9.17) is 5.73 Å². The third-order valence-electron chi connectivity index (χ3n) is 5.94. The van der Waals surface area contributed by atoms with Gasteiger partial charge in [-0.3, -0.25) is 0 Å². The molecule has 1 aromatic rings. The van der Waals surface area contributed by atoms with E-state index in [0.29, 0.717) is 0 Å². The normalized spacial score (nSPS) is 39.7. The molecule has 0 amide bonds. The van der Waals surface area contributed by atoms with Crippen molar-refractivity contribution in [1.29, 1.82) is 0 Å². The van der Waals surface area contributed by atoms with Gasteiger partial charge in [-0.05, 0) is 79.7 Å². The first-order chi connectivity index (χ1) is 9.07. The van der Waals surface area contributed by atoms with E-state index in [1.807, 2.05) is 13.1 Å². The first-order valence-corrected chi connectivity index (χ1v) is 7.52. The summed E-state index contributed by atoms with van der Waals surface area (Å²) in [5.41, 5.74) is 8.25. The van der Waals surface area contributed by atoms with Crippen LogP contribution < -0.4 is 5.73 Å². The van der Waals surface area contributed by atoms with Crippen LogP contribution in [0.1, 0.15) is 49.7 Å². The fourth-order valence-electron chi connectivity index (χ4n) is 5.59. The maximum absolute atomic E-state index is 10.1. The van der Waals surface area contributed by atoms with Gasteiger partial charge in [0.2, 0.25) is 0 Å². The average molecular weight is 258 g/mol. The van der Waals surface area contributed by atoms with Gasteiger partial charge in [-0.25, -0.2) is 4.98 Å². The van der Waals surface area contributed by atoms with E-state index in [-0.39, 0.29) is 17.0 Å². The lowest BCUT2D eigenvalue weighted by atomic mass is 9.48. The Morgan fingerprint density at radius 1 is 1.16 bits per heavy atom. The van der Waals surface area contributed by atoms with Gasteiger partial charge in [-0.1, -0.05) is 0 Å². The molecule has 19 heavy (non-hydrogen) atoms. The number of nitrogens with two attached hydrogens (primary N) is 1. The van der Waals surface area contributed by atoms with Gasteiger partial charge >= 0.3 is 0 Å². The predicted molar refractivity (Wildman–Crippen MR) is 74.9 cm³/mol. The molecule has 1 aromatic heterocycles. The van der Waals surface area contributed by atoms with E-state index < -0.39 is 0 Å². The summed E-state index contributed by atoms with van der Waals surface area (Å²) >= 11 is 0. The summed E-state index contributed by atoms with van der Waals surface area (Å²) in [5.74, 6) is 3.19. The highest BCUT2D eigenvalue weighted by Gasteiger charge is 2.52. The van der Waals surface area contributed by atoms with E-state index >= 15 is 0 Å². The van der Waals surface area contributed by atoms with Crippen molar-refractivity contribution in [3.63, 3.8) is 0 Å². The number of nitrogen functional groups attached to an aromatic ring is 1. The van der Waals surface area contributed by atoms with Crippen LogP contribution in [0.2, 0.25) is 0 Å². The minimum absolute atomic E-state index is 0.202. The summed E-state index contributed by atoms with van der Waals surface area (Å²) < 4.78 is 0. The molecule has 0 aliphatic heterocycles. The zero-order valence-electron chi connectivity index (χ0n) is 11.5. The Balaban J connectivity index is 1.82. The summed E-state index contributed by atoms with van der Waals surface area (Å²) in [6, 6.07) is 0. The summed E-state index contributed by atoms with van der Waals surface area (Å²) in [6.45, 7) is 2.00. The summed E-state index contributed by atoms with van der Waals surface area (Å²) in [5, 5.41) is 10.1. The van der Waals surface area contributed by atoms with Crippen LogP contribution in [0.3, 0.4) is 0 Å². The highest BCUT2D eigenvalue weighted by Crippen LogP contribution is 2.61. The molecule has 4 bridgehead atoms. The van der Waals surface area contributed by atoms with E-state index in [1.165, 1.54) is 44.1 Å². The molecule has 3 heteroatoms. The van der Waals surface area contributed by atoms with Crippen molar-refractivity contribution < 1.29 is 5.11 Å². The van der Waals surface area contributed by atoms with Gasteiger partial charge in [0.1, 0.15) is 0 Å². The number of rotatable bonds is 1. The second-order valence-electron chi connectivity index (χ2n) is 7.23. The number of aromatic nitrogens is 1. The van der Waals surface area contributed by atoms with Gasteiger partial charge in [0, 0.05) is 6.20 Å². The molecular weight excluding hydrogens is 236 g/mol. The van der Waals surface area contributed by atoms with Crippen LogP contribution in [-0.4, -0.2) is 10.1 Å². The first kappa shape index (κ1) is 11.6. The molecule has 4 aliphatic rings. The molecule has 3 nitrogen and oxygen atoms in total. The topological polar surface area (TPSA) is 59.1 Å². The third-order valence-corrected chi connectivity index (χ3v) is 5.94. The average Bonchev–Trinajstić information content (AvgIpc) is 2.34. The number of anilines is 1. The van der Waals surface area contributed by atoms with Crippen LogP contribution >= 0.6 is 0 Å². The van der Waals surface area contributed by atoms with Crippen LogP contribution in [0.25, 0.3) is 0 Å². The molecule has 102 valence electrons. The second-order valence-corrected chi connectivity index (χ2v) is 7.23. The van der Waals surface area contributed by atoms with E-state index in [2.05, 4.69) is 4.98 Å². The molecular formula is C16H22N2O. The second kappa shape index (κ2) is 3.65. The highest BCUT2D eigenvalue weighted by atomic mass is 16.3. The Morgan fingerprint density at radius 3 is 2.21 bits per heavy atom. The van der Waals surface area contributed by atoms with Crippen molar-refractivity contribution >= 4 is 5.82 Å². The van der Waals surface area contributed by atoms with Crippen molar-refractivity contribution in [1.82, 2.24) is 4.98 Å². The van der Waals surface area contributed by atoms with E-state index in [9.17, 15) is 5.11 Å². The summed E-state index contributed by atoms with van der Waals surface area (Å²) in [4.78, 5) is 4.22. The first-order valence-electron chi connectivity index (χ1n) is 7.52. The van der Waals surface area contributed by atoms with Crippen LogP contribution in [0, 0.1) is 24.7 Å².